The Kier molecular flexibility index (Phi) is 4.81. The maximum atomic E-state index is 13.6. The van der Waals surface area contributed by atoms with E-state index in [9.17, 15) is 9.18 Å². The van der Waals surface area contributed by atoms with Gasteiger partial charge in [-0.25, -0.2) is 4.39 Å². The molecule has 21 heavy (non-hydrogen) atoms. The molecular formula is C16H14ClFO3. The summed E-state index contributed by atoms with van der Waals surface area (Å²) in [6, 6.07) is 11.1. The van der Waals surface area contributed by atoms with Crippen LogP contribution in [0.5, 0.6) is 11.5 Å². The highest BCUT2D eigenvalue weighted by Gasteiger charge is 2.11. The van der Waals surface area contributed by atoms with Crippen LogP contribution in [0.3, 0.4) is 0 Å². The predicted molar refractivity (Wildman–Crippen MR) is 78.6 cm³/mol. The van der Waals surface area contributed by atoms with E-state index in [2.05, 4.69) is 0 Å². The van der Waals surface area contributed by atoms with E-state index in [0.29, 0.717) is 10.8 Å². The minimum atomic E-state index is -0.842. The average Bonchev–Trinajstić information content (AvgIpc) is 2.42. The van der Waals surface area contributed by atoms with E-state index in [-0.39, 0.29) is 18.1 Å². The first-order chi connectivity index (χ1) is 9.95. The Bertz CT molecular complexity index is 640. The molecule has 5 heteroatoms. The highest BCUT2D eigenvalue weighted by atomic mass is 35.5. The van der Waals surface area contributed by atoms with Crippen LogP contribution >= 0.6 is 11.6 Å². The Balaban J connectivity index is 2.10. The topological polar surface area (TPSA) is 46.5 Å². The zero-order chi connectivity index (χ0) is 15.4. The number of hydrogen-bond acceptors (Lipinski definition) is 2. The standard InChI is InChI=1S/C16H14ClFO3/c1-10(8-16(19)20)11-2-5-13(6-3-11)21-15-7-4-12(17)9-14(15)18/h2-7,9-10H,8H2,1H3,(H,19,20). The van der Waals surface area contributed by atoms with Gasteiger partial charge in [0.1, 0.15) is 5.75 Å². The molecule has 0 heterocycles. The summed E-state index contributed by atoms with van der Waals surface area (Å²) in [5.41, 5.74) is 0.890. The second-order valence-electron chi connectivity index (χ2n) is 4.74. The second kappa shape index (κ2) is 6.59. The van der Waals surface area contributed by atoms with E-state index in [1.54, 1.807) is 30.3 Å². The van der Waals surface area contributed by atoms with Crippen molar-refractivity contribution >= 4 is 17.6 Å². The van der Waals surface area contributed by atoms with Crippen molar-refractivity contribution in [3.8, 4) is 11.5 Å². The van der Waals surface area contributed by atoms with Crippen LogP contribution in [0.15, 0.2) is 42.5 Å². The Morgan fingerprint density at radius 2 is 1.95 bits per heavy atom. The molecule has 3 nitrogen and oxygen atoms in total. The molecule has 2 aromatic carbocycles. The van der Waals surface area contributed by atoms with Gasteiger partial charge in [0, 0.05) is 5.02 Å². The molecule has 1 N–H and O–H groups in total. The van der Waals surface area contributed by atoms with Gasteiger partial charge in [0.2, 0.25) is 0 Å². The Morgan fingerprint density at radius 3 is 2.52 bits per heavy atom. The van der Waals surface area contributed by atoms with Gasteiger partial charge in [-0.05, 0) is 41.8 Å². The van der Waals surface area contributed by atoms with Gasteiger partial charge in [-0.15, -0.1) is 0 Å². The lowest BCUT2D eigenvalue weighted by Gasteiger charge is -2.11. The molecule has 0 aliphatic heterocycles. The minimum Gasteiger partial charge on any atom is -0.481 e. The van der Waals surface area contributed by atoms with Crippen LogP contribution in [0.1, 0.15) is 24.8 Å². The normalized spacial score (nSPS) is 12.0. The number of carboxylic acids is 1. The predicted octanol–water partition coefficient (Wildman–Crippen LogP) is 4.85. The first-order valence-corrected chi connectivity index (χ1v) is 6.78. The Morgan fingerprint density at radius 1 is 1.29 bits per heavy atom. The molecule has 0 aliphatic carbocycles. The number of ether oxygens (including phenoxy) is 1. The Hall–Kier alpha value is -2.07. The van der Waals surface area contributed by atoms with E-state index in [1.165, 1.54) is 12.1 Å². The monoisotopic (exact) mass is 308 g/mol. The summed E-state index contributed by atoms with van der Waals surface area (Å²) >= 11 is 5.67. The largest absolute Gasteiger partial charge is 0.481 e. The molecule has 0 spiro atoms. The molecule has 0 aliphatic rings. The van der Waals surface area contributed by atoms with Gasteiger partial charge < -0.3 is 9.84 Å². The summed E-state index contributed by atoms with van der Waals surface area (Å²) in [5, 5.41) is 9.07. The van der Waals surface area contributed by atoms with Crippen molar-refractivity contribution in [2.45, 2.75) is 19.3 Å². The van der Waals surface area contributed by atoms with Gasteiger partial charge in [-0.1, -0.05) is 30.7 Å². The highest BCUT2D eigenvalue weighted by molar-refractivity contribution is 6.30. The third kappa shape index (κ3) is 4.20. The number of hydrogen-bond donors (Lipinski definition) is 1. The second-order valence-corrected chi connectivity index (χ2v) is 5.18. The van der Waals surface area contributed by atoms with Crippen LogP contribution < -0.4 is 4.74 Å². The van der Waals surface area contributed by atoms with Gasteiger partial charge in [-0.3, -0.25) is 4.79 Å². The molecular weight excluding hydrogens is 295 g/mol. The molecule has 0 bridgehead atoms. The molecule has 0 fully saturated rings. The third-order valence-corrected chi connectivity index (χ3v) is 3.29. The van der Waals surface area contributed by atoms with Crippen LogP contribution in [0.25, 0.3) is 0 Å². The minimum absolute atomic E-state index is 0.0615. The van der Waals surface area contributed by atoms with E-state index >= 15 is 0 Å². The number of carboxylic acid groups (broad SMARTS) is 1. The van der Waals surface area contributed by atoms with Crippen molar-refractivity contribution in [2.24, 2.45) is 0 Å². The molecule has 0 amide bonds. The molecule has 0 aromatic heterocycles. The van der Waals surface area contributed by atoms with Crippen molar-refractivity contribution in [1.29, 1.82) is 0 Å². The fraction of sp³-hybridized carbons (Fsp3) is 0.188. The lowest BCUT2D eigenvalue weighted by molar-refractivity contribution is -0.137. The van der Waals surface area contributed by atoms with Crippen LogP contribution in [-0.4, -0.2) is 11.1 Å². The zero-order valence-electron chi connectivity index (χ0n) is 11.3. The number of rotatable bonds is 5. The van der Waals surface area contributed by atoms with Crippen LogP contribution in [0.2, 0.25) is 5.02 Å². The number of carbonyl (C=O) groups is 1. The summed E-state index contributed by atoms with van der Waals surface area (Å²) < 4.78 is 19.0. The quantitative estimate of drug-likeness (QED) is 0.859. The van der Waals surface area contributed by atoms with Crippen molar-refractivity contribution in [3.05, 3.63) is 58.9 Å². The highest BCUT2D eigenvalue weighted by Crippen LogP contribution is 2.28. The third-order valence-electron chi connectivity index (χ3n) is 3.05. The van der Waals surface area contributed by atoms with Gasteiger partial charge in [-0.2, -0.15) is 0 Å². The Labute approximate surface area is 126 Å². The van der Waals surface area contributed by atoms with Crippen LogP contribution in [0.4, 0.5) is 4.39 Å². The molecule has 2 rings (SSSR count). The first kappa shape index (κ1) is 15.3. The zero-order valence-corrected chi connectivity index (χ0v) is 12.1. The van der Waals surface area contributed by atoms with Crippen LogP contribution in [-0.2, 0) is 4.79 Å². The fourth-order valence-corrected chi connectivity index (χ4v) is 2.09. The fourth-order valence-electron chi connectivity index (χ4n) is 1.93. The van der Waals surface area contributed by atoms with Crippen molar-refractivity contribution < 1.29 is 19.0 Å². The molecule has 110 valence electrons. The molecule has 0 saturated heterocycles. The van der Waals surface area contributed by atoms with E-state index in [4.69, 9.17) is 21.4 Å². The van der Waals surface area contributed by atoms with Gasteiger partial charge in [0.05, 0.1) is 6.42 Å². The average molecular weight is 309 g/mol. The molecule has 1 atom stereocenters. The van der Waals surface area contributed by atoms with Gasteiger partial charge in [0.25, 0.3) is 0 Å². The lowest BCUT2D eigenvalue weighted by atomic mass is 9.98. The van der Waals surface area contributed by atoms with E-state index < -0.39 is 11.8 Å². The number of benzene rings is 2. The molecule has 0 saturated carbocycles. The summed E-state index contributed by atoms with van der Waals surface area (Å²) in [6.45, 7) is 1.84. The van der Waals surface area contributed by atoms with Gasteiger partial charge in [0.15, 0.2) is 11.6 Å². The smallest absolute Gasteiger partial charge is 0.303 e. The summed E-state index contributed by atoms with van der Waals surface area (Å²) in [6.07, 6.45) is 0.0615. The SMILES string of the molecule is CC(CC(=O)O)c1ccc(Oc2ccc(Cl)cc2F)cc1. The van der Waals surface area contributed by atoms with Gasteiger partial charge >= 0.3 is 5.97 Å². The maximum Gasteiger partial charge on any atom is 0.303 e. The van der Waals surface area contributed by atoms with E-state index in [1.807, 2.05) is 6.92 Å². The van der Waals surface area contributed by atoms with Crippen molar-refractivity contribution in [1.82, 2.24) is 0 Å². The molecule has 2 aromatic rings. The van der Waals surface area contributed by atoms with Crippen LogP contribution in [0, 0.1) is 5.82 Å². The van der Waals surface area contributed by atoms with E-state index in [0.717, 1.165) is 5.56 Å². The molecule has 1 unspecified atom stereocenters. The maximum absolute atomic E-state index is 13.6. The number of halogens is 2. The number of aliphatic carboxylic acids is 1. The van der Waals surface area contributed by atoms with Crippen molar-refractivity contribution in [2.75, 3.05) is 0 Å². The lowest BCUT2D eigenvalue weighted by Crippen LogP contribution is -2.02. The first-order valence-electron chi connectivity index (χ1n) is 6.40. The summed E-state index contributed by atoms with van der Waals surface area (Å²) in [5.74, 6) is -0.908. The van der Waals surface area contributed by atoms with Crippen molar-refractivity contribution in [3.63, 3.8) is 0 Å². The molecule has 0 radical (unpaired) electrons. The summed E-state index contributed by atoms with van der Waals surface area (Å²) in [7, 11) is 0. The summed E-state index contributed by atoms with van der Waals surface area (Å²) in [4.78, 5) is 10.7.